The molecule has 1 saturated heterocycles. The Labute approximate surface area is 172 Å². The average molecular weight is 412 g/mol. The number of aryl methyl sites for hydroxylation is 2. The van der Waals surface area contributed by atoms with Gasteiger partial charge in [-0.1, -0.05) is 12.1 Å². The molecule has 0 radical (unpaired) electrons. The molecule has 0 saturated carbocycles. The van der Waals surface area contributed by atoms with Gasteiger partial charge in [-0.2, -0.15) is 0 Å². The number of ether oxygens (including phenoxy) is 1. The molecule has 2 N–H and O–H groups in total. The number of H-pyrrole nitrogens is 1. The van der Waals surface area contributed by atoms with E-state index in [0.717, 1.165) is 37.1 Å². The summed E-state index contributed by atoms with van der Waals surface area (Å²) in [5, 5.41) is 5.58. The van der Waals surface area contributed by atoms with Gasteiger partial charge in [-0.05, 0) is 54.7 Å². The SMILES string of the molecule is COc1cccc2c1[C@@H]1CNC(CCn3c(=O)[nH]c4c(C)csc4c3=O)[C@@H]1CC2. The first-order valence-electron chi connectivity index (χ1n) is 10.2. The van der Waals surface area contributed by atoms with E-state index in [1.54, 1.807) is 7.11 Å². The molecule has 0 bridgehead atoms. The molecule has 1 aromatic carbocycles. The molecule has 1 fully saturated rings. The number of benzene rings is 1. The zero-order valence-electron chi connectivity index (χ0n) is 16.7. The number of hydrogen-bond acceptors (Lipinski definition) is 5. The lowest BCUT2D eigenvalue weighted by molar-refractivity contribution is 0.334. The Bertz CT molecular complexity index is 1180. The molecular formula is C22H25N3O3S. The minimum absolute atomic E-state index is 0.174. The first-order chi connectivity index (χ1) is 14.1. The molecule has 152 valence electrons. The van der Waals surface area contributed by atoms with E-state index in [2.05, 4.69) is 22.4 Å². The highest BCUT2D eigenvalue weighted by molar-refractivity contribution is 7.17. The minimum Gasteiger partial charge on any atom is -0.496 e. The van der Waals surface area contributed by atoms with Gasteiger partial charge in [-0.3, -0.25) is 9.36 Å². The third-order valence-corrected chi connectivity index (χ3v) is 7.77. The van der Waals surface area contributed by atoms with Gasteiger partial charge < -0.3 is 15.0 Å². The van der Waals surface area contributed by atoms with E-state index >= 15 is 0 Å². The van der Waals surface area contributed by atoms with Gasteiger partial charge in [-0.15, -0.1) is 11.3 Å². The summed E-state index contributed by atoms with van der Waals surface area (Å²) >= 11 is 1.40. The van der Waals surface area contributed by atoms with Crippen LogP contribution in [0.15, 0.2) is 33.2 Å². The number of rotatable bonds is 4. The number of hydrogen-bond donors (Lipinski definition) is 2. The van der Waals surface area contributed by atoms with Crippen LogP contribution in [0.4, 0.5) is 0 Å². The summed E-state index contributed by atoms with van der Waals surface area (Å²) in [6.07, 6.45) is 2.94. The van der Waals surface area contributed by atoms with Gasteiger partial charge in [0.05, 0.1) is 12.6 Å². The zero-order valence-corrected chi connectivity index (χ0v) is 17.5. The molecule has 3 heterocycles. The fourth-order valence-electron chi connectivity index (χ4n) is 5.24. The second-order valence-electron chi connectivity index (χ2n) is 8.16. The maximum atomic E-state index is 12.8. The van der Waals surface area contributed by atoms with E-state index in [0.29, 0.717) is 34.6 Å². The van der Waals surface area contributed by atoms with Crippen LogP contribution in [-0.2, 0) is 13.0 Å². The van der Waals surface area contributed by atoms with E-state index in [9.17, 15) is 9.59 Å². The summed E-state index contributed by atoms with van der Waals surface area (Å²) in [5.41, 5.74) is 3.87. The second-order valence-corrected chi connectivity index (χ2v) is 9.03. The molecule has 0 spiro atoms. The lowest BCUT2D eigenvalue weighted by Gasteiger charge is -2.31. The maximum Gasteiger partial charge on any atom is 0.328 e. The molecule has 2 aromatic heterocycles. The topological polar surface area (TPSA) is 76.1 Å². The molecule has 5 rings (SSSR count). The Morgan fingerprint density at radius 3 is 3.00 bits per heavy atom. The molecule has 3 atom stereocenters. The number of nitrogens with one attached hydrogen (secondary N) is 2. The van der Waals surface area contributed by atoms with Crippen molar-refractivity contribution < 1.29 is 4.74 Å². The number of nitrogens with zero attached hydrogens (tertiary/aromatic N) is 1. The molecule has 3 aromatic rings. The average Bonchev–Trinajstić information content (AvgIpc) is 3.31. The molecule has 0 amide bonds. The van der Waals surface area contributed by atoms with Gasteiger partial charge >= 0.3 is 5.69 Å². The highest BCUT2D eigenvalue weighted by Crippen LogP contribution is 2.45. The normalized spacial score (nSPS) is 23.2. The molecule has 1 aliphatic carbocycles. The number of thiophene rings is 1. The number of methoxy groups -OCH3 is 1. The van der Waals surface area contributed by atoms with Crippen molar-refractivity contribution in [1.82, 2.24) is 14.9 Å². The lowest BCUT2D eigenvalue weighted by Crippen LogP contribution is -2.38. The number of aromatic amines is 1. The van der Waals surface area contributed by atoms with E-state index in [1.165, 1.54) is 27.0 Å². The Morgan fingerprint density at radius 2 is 2.17 bits per heavy atom. The van der Waals surface area contributed by atoms with E-state index in [1.807, 2.05) is 18.4 Å². The van der Waals surface area contributed by atoms with Crippen molar-refractivity contribution in [2.24, 2.45) is 5.92 Å². The monoisotopic (exact) mass is 411 g/mol. The van der Waals surface area contributed by atoms with Crippen molar-refractivity contribution in [3.8, 4) is 5.75 Å². The van der Waals surface area contributed by atoms with E-state index in [4.69, 9.17) is 4.74 Å². The molecule has 1 unspecified atom stereocenters. The Kier molecular flexibility index (Phi) is 4.59. The summed E-state index contributed by atoms with van der Waals surface area (Å²) in [5.74, 6) is 1.91. The third-order valence-electron chi connectivity index (χ3n) is 6.68. The standard InChI is InChI=1S/C22H25N3O3S/c1-12-11-29-20-19(12)24-22(27)25(21(20)26)9-8-16-14-7-6-13-4-3-5-17(28-2)18(13)15(14)10-23-16/h3-5,11,14-16,23H,6-10H2,1-2H3,(H,24,27)/t14-,15-,16?/m1/s1. The van der Waals surface area contributed by atoms with Crippen molar-refractivity contribution in [1.29, 1.82) is 0 Å². The Balaban J connectivity index is 1.39. The van der Waals surface area contributed by atoms with Crippen LogP contribution in [0.3, 0.4) is 0 Å². The van der Waals surface area contributed by atoms with E-state index < -0.39 is 0 Å². The van der Waals surface area contributed by atoms with Crippen LogP contribution in [0.5, 0.6) is 5.75 Å². The van der Waals surface area contributed by atoms with Gasteiger partial charge in [0, 0.05) is 30.6 Å². The van der Waals surface area contributed by atoms with Crippen molar-refractivity contribution >= 4 is 21.6 Å². The first kappa shape index (κ1) is 18.6. The van der Waals surface area contributed by atoms with Crippen molar-refractivity contribution in [3.63, 3.8) is 0 Å². The second kappa shape index (κ2) is 7.15. The first-order valence-corrected chi connectivity index (χ1v) is 11.1. The molecule has 7 heteroatoms. The van der Waals surface area contributed by atoms with Crippen LogP contribution >= 0.6 is 11.3 Å². The summed E-state index contributed by atoms with van der Waals surface area (Å²) < 4.78 is 7.64. The van der Waals surface area contributed by atoms with Gasteiger partial charge in [0.15, 0.2) is 0 Å². The molecule has 29 heavy (non-hydrogen) atoms. The molecule has 2 aliphatic rings. The maximum absolute atomic E-state index is 12.8. The van der Waals surface area contributed by atoms with Gasteiger partial charge in [-0.25, -0.2) is 4.79 Å². The predicted octanol–water partition coefficient (Wildman–Crippen LogP) is 2.78. The van der Waals surface area contributed by atoms with Crippen molar-refractivity contribution in [3.05, 3.63) is 61.1 Å². The van der Waals surface area contributed by atoms with Crippen LogP contribution in [0, 0.1) is 12.8 Å². The summed E-state index contributed by atoms with van der Waals surface area (Å²) in [6.45, 7) is 3.26. The summed E-state index contributed by atoms with van der Waals surface area (Å²) in [7, 11) is 1.74. The van der Waals surface area contributed by atoms with Crippen LogP contribution < -0.4 is 21.3 Å². The highest BCUT2D eigenvalue weighted by Gasteiger charge is 2.41. The summed E-state index contributed by atoms with van der Waals surface area (Å²) in [4.78, 5) is 28.2. The van der Waals surface area contributed by atoms with E-state index in [-0.39, 0.29) is 11.2 Å². The number of aromatic nitrogens is 2. The fraction of sp³-hybridized carbons (Fsp3) is 0.455. The fourth-order valence-corrected chi connectivity index (χ4v) is 6.20. The van der Waals surface area contributed by atoms with Crippen LogP contribution in [0.1, 0.15) is 35.4 Å². The van der Waals surface area contributed by atoms with Crippen molar-refractivity contribution in [2.45, 2.75) is 44.7 Å². The third kappa shape index (κ3) is 2.95. The number of fused-ring (bicyclic) bond motifs is 4. The quantitative estimate of drug-likeness (QED) is 0.692. The van der Waals surface area contributed by atoms with Crippen molar-refractivity contribution in [2.75, 3.05) is 13.7 Å². The van der Waals surface area contributed by atoms with Crippen LogP contribution in [0.2, 0.25) is 0 Å². The van der Waals surface area contributed by atoms with Gasteiger partial charge in [0.2, 0.25) is 0 Å². The molecule has 1 aliphatic heterocycles. The Hall–Kier alpha value is -2.38. The molecule has 6 nitrogen and oxygen atoms in total. The molecular weight excluding hydrogens is 386 g/mol. The summed E-state index contributed by atoms with van der Waals surface area (Å²) in [6, 6.07) is 6.62. The van der Waals surface area contributed by atoms with Crippen LogP contribution in [-0.4, -0.2) is 29.2 Å². The van der Waals surface area contributed by atoms with Gasteiger partial charge in [0.25, 0.3) is 5.56 Å². The smallest absolute Gasteiger partial charge is 0.328 e. The lowest BCUT2D eigenvalue weighted by atomic mass is 9.73. The zero-order chi connectivity index (χ0) is 20.1. The van der Waals surface area contributed by atoms with Crippen LogP contribution in [0.25, 0.3) is 10.2 Å². The Morgan fingerprint density at radius 1 is 1.31 bits per heavy atom. The minimum atomic E-state index is -0.311. The predicted molar refractivity (Wildman–Crippen MR) is 115 cm³/mol. The van der Waals surface area contributed by atoms with Gasteiger partial charge in [0.1, 0.15) is 10.4 Å². The highest BCUT2D eigenvalue weighted by atomic mass is 32.1. The largest absolute Gasteiger partial charge is 0.496 e.